The molecule has 1 heterocycles. The number of carbonyl (C=O) groups excluding carboxylic acids is 3. The summed E-state index contributed by atoms with van der Waals surface area (Å²) in [6, 6.07) is 15.8. The summed E-state index contributed by atoms with van der Waals surface area (Å²) >= 11 is 0. The molecule has 0 spiro atoms. The van der Waals surface area contributed by atoms with Crippen LogP contribution in [0.25, 0.3) is 10.9 Å². The summed E-state index contributed by atoms with van der Waals surface area (Å²) in [5, 5.41) is 15.9. The Labute approximate surface area is 184 Å². The Morgan fingerprint density at radius 3 is 2.53 bits per heavy atom. The van der Waals surface area contributed by atoms with Crippen molar-refractivity contribution in [1.82, 2.24) is 15.6 Å². The second-order valence-electron chi connectivity index (χ2n) is 7.39. The molecule has 9 heteroatoms. The van der Waals surface area contributed by atoms with Gasteiger partial charge in [-0.3, -0.25) is 9.59 Å². The van der Waals surface area contributed by atoms with Crippen LogP contribution in [-0.2, 0) is 27.4 Å². The number of aliphatic hydroxyl groups excluding tert-OH is 1. The second kappa shape index (κ2) is 11.0. The van der Waals surface area contributed by atoms with E-state index >= 15 is 0 Å². The van der Waals surface area contributed by atoms with Crippen molar-refractivity contribution < 1.29 is 24.2 Å². The predicted molar refractivity (Wildman–Crippen MR) is 118 cm³/mol. The fourth-order valence-electron chi connectivity index (χ4n) is 3.26. The lowest BCUT2D eigenvalue weighted by molar-refractivity contribution is -0.128. The number of aromatic amines is 1. The molecule has 0 radical (unpaired) electrons. The SMILES string of the molecule is NC(=O)[C@H](Cc1c[nH]c2ccccc12)NC(=O)C[C@H](O)CNC(=O)OCc1ccccc1. The molecule has 32 heavy (non-hydrogen) atoms. The first kappa shape index (κ1) is 22.8. The van der Waals surface area contributed by atoms with Gasteiger partial charge in [-0.15, -0.1) is 0 Å². The minimum absolute atomic E-state index is 0.0946. The highest BCUT2D eigenvalue weighted by molar-refractivity contribution is 5.89. The molecule has 1 aromatic heterocycles. The first-order valence-electron chi connectivity index (χ1n) is 10.2. The maximum Gasteiger partial charge on any atom is 0.407 e. The number of carbonyl (C=O) groups is 3. The van der Waals surface area contributed by atoms with E-state index in [2.05, 4.69) is 15.6 Å². The molecule has 3 rings (SSSR count). The zero-order chi connectivity index (χ0) is 22.9. The number of H-pyrrole nitrogens is 1. The number of benzene rings is 2. The molecule has 0 aliphatic rings. The van der Waals surface area contributed by atoms with Gasteiger partial charge >= 0.3 is 6.09 Å². The summed E-state index contributed by atoms with van der Waals surface area (Å²) in [6.45, 7) is -0.0812. The van der Waals surface area contributed by atoms with Crippen molar-refractivity contribution >= 4 is 28.8 Å². The third-order valence-corrected chi connectivity index (χ3v) is 4.89. The quantitative estimate of drug-likeness (QED) is 0.324. The van der Waals surface area contributed by atoms with Crippen LogP contribution in [0.4, 0.5) is 4.79 Å². The molecule has 2 atom stereocenters. The lowest BCUT2D eigenvalue weighted by atomic mass is 10.0. The molecule has 6 N–H and O–H groups in total. The Morgan fingerprint density at radius 1 is 1.06 bits per heavy atom. The molecule has 9 nitrogen and oxygen atoms in total. The number of primary amides is 1. The molecule has 3 amide bonds. The first-order valence-corrected chi connectivity index (χ1v) is 10.2. The van der Waals surface area contributed by atoms with Gasteiger partial charge in [-0.25, -0.2) is 4.79 Å². The van der Waals surface area contributed by atoms with Gasteiger partial charge in [0.05, 0.1) is 12.5 Å². The Morgan fingerprint density at radius 2 is 1.78 bits per heavy atom. The van der Waals surface area contributed by atoms with E-state index in [4.69, 9.17) is 10.5 Å². The second-order valence-corrected chi connectivity index (χ2v) is 7.39. The zero-order valence-corrected chi connectivity index (χ0v) is 17.4. The van der Waals surface area contributed by atoms with Crippen LogP contribution in [0, 0.1) is 0 Å². The molecular weight excluding hydrogens is 412 g/mol. The highest BCUT2D eigenvalue weighted by Crippen LogP contribution is 2.19. The Kier molecular flexibility index (Phi) is 7.82. The summed E-state index contributed by atoms with van der Waals surface area (Å²) in [6.07, 6.45) is -0.183. The topological polar surface area (TPSA) is 147 Å². The molecule has 0 saturated heterocycles. The third kappa shape index (κ3) is 6.58. The number of hydrogen-bond acceptors (Lipinski definition) is 5. The number of aromatic nitrogens is 1. The van der Waals surface area contributed by atoms with Crippen LogP contribution in [0.5, 0.6) is 0 Å². The summed E-state index contributed by atoms with van der Waals surface area (Å²) in [4.78, 5) is 39.0. The largest absolute Gasteiger partial charge is 0.445 e. The summed E-state index contributed by atoms with van der Waals surface area (Å²) < 4.78 is 5.05. The fourth-order valence-corrected chi connectivity index (χ4v) is 3.26. The molecule has 0 aliphatic carbocycles. The minimum Gasteiger partial charge on any atom is -0.445 e. The Balaban J connectivity index is 1.44. The monoisotopic (exact) mass is 438 g/mol. The van der Waals surface area contributed by atoms with Gasteiger partial charge in [0.2, 0.25) is 11.8 Å². The van der Waals surface area contributed by atoms with Gasteiger partial charge in [0.1, 0.15) is 12.6 Å². The molecule has 0 fully saturated rings. The van der Waals surface area contributed by atoms with Crippen LogP contribution >= 0.6 is 0 Å². The molecule has 168 valence electrons. The van der Waals surface area contributed by atoms with Crippen molar-refractivity contribution in [2.45, 2.75) is 31.6 Å². The highest BCUT2D eigenvalue weighted by Gasteiger charge is 2.22. The normalized spacial score (nSPS) is 12.7. The molecule has 0 bridgehead atoms. The lowest BCUT2D eigenvalue weighted by Gasteiger charge is -2.17. The first-order chi connectivity index (χ1) is 15.4. The molecule has 2 aromatic carbocycles. The van der Waals surface area contributed by atoms with Crippen molar-refractivity contribution in [3.63, 3.8) is 0 Å². The van der Waals surface area contributed by atoms with E-state index in [1.165, 1.54) is 0 Å². The number of rotatable bonds is 10. The number of nitrogens with one attached hydrogen (secondary N) is 3. The maximum absolute atomic E-state index is 12.3. The molecule has 0 saturated carbocycles. The van der Waals surface area contributed by atoms with Gasteiger partial charge in [0.25, 0.3) is 0 Å². The average molecular weight is 438 g/mol. The van der Waals surface area contributed by atoms with Crippen molar-refractivity contribution in [1.29, 1.82) is 0 Å². The highest BCUT2D eigenvalue weighted by atomic mass is 16.5. The van der Waals surface area contributed by atoms with Gasteiger partial charge in [-0.2, -0.15) is 0 Å². The number of alkyl carbamates (subject to hydrolysis) is 1. The number of para-hydroxylation sites is 1. The Hall–Kier alpha value is -3.85. The van der Waals surface area contributed by atoms with Gasteiger partial charge < -0.3 is 31.2 Å². The van der Waals surface area contributed by atoms with E-state index in [9.17, 15) is 19.5 Å². The molecule has 3 aromatic rings. The van der Waals surface area contributed by atoms with E-state index < -0.39 is 30.1 Å². The predicted octanol–water partition coefficient (Wildman–Crippen LogP) is 1.36. The van der Waals surface area contributed by atoms with Gasteiger partial charge in [-0.05, 0) is 17.2 Å². The average Bonchev–Trinajstić information content (AvgIpc) is 3.19. The van der Waals surface area contributed by atoms with Gasteiger partial charge in [0.15, 0.2) is 0 Å². The maximum atomic E-state index is 12.3. The van der Waals surface area contributed by atoms with Gasteiger partial charge in [-0.1, -0.05) is 48.5 Å². The summed E-state index contributed by atoms with van der Waals surface area (Å²) in [7, 11) is 0. The number of hydrogen-bond donors (Lipinski definition) is 5. The Bertz CT molecular complexity index is 1070. The van der Waals surface area contributed by atoms with Crippen molar-refractivity contribution in [3.8, 4) is 0 Å². The van der Waals surface area contributed by atoms with E-state index in [1.54, 1.807) is 6.20 Å². The molecule has 0 aliphatic heterocycles. The van der Waals surface area contributed by atoms with Gasteiger partial charge in [0, 0.05) is 30.1 Å². The number of ether oxygens (including phenoxy) is 1. The number of amides is 3. The summed E-state index contributed by atoms with van der Waals surface area (Å²) in [5.74, 6) is -1.23. The van der Waals surface area contributed by atoms with Crippen LogP contribution in [0.2, 0.25) is 0 Å². The number of nitrogens with two attached hydrogens (primary N) is 1. The summed E-state index contributed by atoms with van der Waals surface area (Å²) in [5.41, 5.74) is 8.04. The van der Waals surface area contributed by atoms with E-state index in [1.807, 2.05) is 54.6 Å². The van der Waals surface area contributed by atoms with Crippen molar-refractivity contribution in [3.05, 3.63) is 71.9 Å². The van der Waals surface area contributed by atoms with Crippen molar-refractivity contribution in [2.24, 2.45) is 5.73 Å². The van der Waals surface area contributed by atoms with E-state index in [0.717, 1.165) is 22.0 Å². The molecule has 0 unspecified atom stereocenters. The number of aliphatic hydroxyl groups is 1. The van der Waals surface area contributed by atoms with Crippen LogP contribution in [-0.4, -0.2) is 46.7 Å². The zero-order valence-electron chi connectivity index (χ0n) is 17.4. The number of fused-ring (bicyclic) bond motifs is 1. The third-order valence-electron chi connectivity index (χ3n) is 4.89. The van der Waals surface area contributed by atoms with Crippen LogP contribution < -0.4 is 16.4 Å². The van der Waals surface area contributed by atoms with E-state index in [-0.39, 0.29) is 26.0 Å². The van der Waals surface area contributed by atoms with Crippen LogP contribution in [0.3, 0.4) is 0 Å². The molecular formula is C23H26N4O5. The minimum atomic E-state index is -1.15. The lowest BCUT2D eigenvalue weighted by Crippen LogP contribution is -2.47. The van der Waals surface area contributed by atoms with Crippen LogP contribution in [0.15, 0.2) is 60.8 Å². The standard InChI is InChI=1S/C23H26N4O5/c24-22(30)20(10-16-12-25-19-9-5-4-8-18(16)19)27-21(29)11-17(28)13-26-23(31)32-14-15-6-2-1-3-7-15/h1-9,12,17,20,25,28H,10-11,13-14H2,(H2,24,30)(H,26,31)(H,27,29)/t17-,20-/m0/s1. The van der Waals surface area contributed by atoms with Crippen molar-refractivity contribution in [2.75, 3.05) is 6.54 Å². The smallest absolute Gasteiger partial charge is 0.407 e. The fraction of sp³-hybridized carbons (Fsp3) is 0.261. The van der Waals surface area contributed by atoms with Crippen LogP contribution in [0.1, 0.15) is 17.5 Å². The van der Waals surface area contributed by atoms with E-state index in [0.29, 0.717) is 0 Å².